The van der Waals surface area contributed by atoms with Gasteiger partial charge in [-0.3, -0.25) is 9.59 Å². The molecule has 1 radical (unpaired) electrons. The Balaban J connectivity index is 3.77. The first-order valence-electron chi connectivity index (χ1n) is 4.41. The van der Waals surface area contributed by atoms with Crippen molar-refractivity contribution in [2.45, 2.75) is 33.1 Å². The van der Waals surface area contributed by atoms with E-state index in [4.69, 9.17) is 0 Å². The van der Waals surface area contributed by atoms with E-state index in [1.807, 2.05) is 13.8 Å². The summed E-state index contributed by atoms with van der Waals surface area (Å²) in [6.45, 7) is 4.55. The Morgan fingerprint density at radius 2 is 2.08 bits per heavy atom. The van der Waals surface area contributed by atoms with Crippen LogP contribution in [0, 0.1) is 5.92 Å². The lowest BCUT2D eigenvalue weighted by Crippen LogP contribution is -2.31. The summed E-state index contributed by atoms with van der Waals surface area (Å²) in [5.41, 5.74) is 0. The van der Waals surface area contributed by atoms with E-state index in [-0.39, 0.29) is 5.91 Å². The van der Waals surface area contributed by atoms with E-state index < -0.39 is 5.92 Å². The van der Waals surface area contributed by atoms with Gasteiger partial charge in [0.1, 0.15) is 5.92 Å². The summed E-state index contributed by atoms with van der Waals surface area (Å²) in [7, 11) is 0. The molecule has 3 nitrogen and oxygen atoms in total. The molecular formula is C9H16NO2. The van der Waals surface area contributed by atoms with Crippen LogP contribution in [0.4, 0.5) is 0 Å². The molecule has 1 atom stereocenters. The molecule has 0 fully saturated rings. The summed E-state index contributed by atoms with van der Waals surface area (Å²) in [5.74, 6) is -0.754. The fourth-order valence-corrected chi connectivity index (χ4v) is 0.904. The van der Waals surface area contributed by atoms with Gasteiger partial charge in [0.05, 0.1) is 0 Å². The molecule has 0 spiro atoms. The van der Waals surface area contributed by atoms with Gasteiger partial charge >= 0.3 is 0 Å². The molecule has 0 aromatic heterocycles. The van der Waals surface area contributed by atoms with E-state index in [1.165, 1.54) is 0 Å². The molecule has 12 heavy (non-hydrogen) atoms. The quantitative estimate of drug-likeness (QED) is 0.605. The fraction of sp³-hybridized carbons (Fsp3) is 0.778. The topological polar surface area (TPSA) is 46.2 Å². The van der Waals surface area contributed by atoms with Crippen molar-refractivity contribution in [3.05, 3.63) is 0 Å². The number of rotatable bonds is 6. The van der Waals surface area contributed by atoms with Crippen LogP contribution >= 0.6 is 0 Å². The van der Waals surface area contributed by atoms with Crippen LogP contribution < -0.4 is 5.32 Å². The number of carbonyl (C=O) groups is 1. The zero-order chi connectivity index (χ0) is 9.40. The Kier molecular flexibility index (Phi) is 6.34. The van der Waals surface area contributed by atoms with Crippen LogP contribution in [0.3, 0.4) is 0 Å². The van der Waals surface area contributed by atoms with Gasteiger partial charge in [-0.1, -0.05) is 20.3 Å². The van der Waals surface area contributed by atoms with Crippen molar-refractivity contribution in [3.8, 4) is 0 Å². The highest BCUT2D eigenvalue weighted by Gasteiger charge is 2.16. The second kappa shape index (κ2) is 6.83. The highest BCUT2D eigenvalue weighted by Crippen LogP contribution is 2.02. The highest BCUT2D eigenvalue weighted by molar-refractivity contribution is 5.91. The number of carbonyl (C=O) groups excluding carboxylic acids is 2. The van der Waals surface area contributed by atoms with Crippen molar-refractivity contribution in [1.29, 1.82) is 0 Å². The molecule has 0 aromatic carbocycles. The first kappa shape index (κ1) is 11.1. The highest BCUT2D eigenvalue weighted by atomic mass is 16.2. The van der Waals surface area contributed by atoms with Crippen LogP contribution in [-0.4, -0.2) is 18.7 Å². The molecule has 0 aliphatic heterocycles. The SMILES string of the molecule is CCCNC(=O)C([C]=O)CCC. The average Bonchev–Trinajstić information content (AvgIpc) is 2.10. The molecule has 1 N–H and O–H groups in total. The van der Waals surface area contributed by atoms with Crippen LogP contribution in [0.25, 0.3) is 0 Å². The van der Waals surface area contributed by atoms with Gasteiger partial charge in [0.25, 0.3) is 0 Å². The first-order chi connectivity index (χ1) is 5.76. The molecule has 3 heteroatoms. The third kappa shape index (κ3) is 4.11. The summed E-state index contributed by atoms with van der Waals surface area (Å²) >= 11 is 0. The van der Waals surface area contributed by atoms with Gasteiger partial charge in [-0.25, -0.2) is 0 Å². The zero-order valence-electron chi connectivity index (χ0n) is 7.72. The molecular weight excluding hydrogens is 154 g/mol. The summed E-state index contributed by atoms with van der Waals surface area (Å²) in [6, 6.07) is 0. The minimum Gasteiger partial charge on any atom is -0.355 e. The predicted octanol–water partition coefficient (Wildman–Crippen LogP) is 1.04. The van der Waals surface area contributed by atoms with Gasteiger partial charge in [0.2, 0.25) is 12.2 Å². The molecule has 0 rings (SSSR count). The number of nitrogens with one attached hydrogen (secondary N) is 1. The van der Waals surface area contributed by atoms with Crippen molar-refractivity contribution in [2.75, 3.05) is 6.54 Å². The Labute approximate surface area is 73.5 Å². The predicted molar refractivity (Wildman–Crippen MR) is 47.4 cm³/mol. The van der Waals surface area contributed by atoms with Crippen molar-refractivity contribution in [3.63, 3.8) is 0 Å². The van der Waals surface area contributed by atoms with E-state index in [9.17, 15) is 9.59 Å². The van der Waals surface area contributed by atoms with E-state index in [2.05, 4.69) is 5.32 Å². The molecule has 0 aromatic rings. The van der Waals surface area contributed by atoms with E-state index in [1.54, 1.807) is 6.29 Å². The Morgan fingerprint density at radius 3 is 2.50 bits per heavy atom. The Hall–Kier alpha value is -0.860. The molecule has 0 aliphatic rings. The Morgan fingerprint density at radius 1 is 1.42 bits per heavy atom. The minimum absolute atomic E-state index is 0.186. The number of hydrogen-bond donors (Lipinski definition) is 1. The molecule has 1 unspecified atom stereocenters. The zero-order valence-corrected chi connectivity index (χ0v) is 7.72. The summed E-state index contributed by atoms with van der Waals surface area (Å²) in [4.78, 5) is 21.5. The monoisotopic (exact) mass is 170 g/mol. The van der Waals surface area contributed by atoms with E-state index in [0.29, 0.717) is 13.0 Å². The maximum absolute atomic E-state index is 11.1. The van der Waals surface area contributed by atoms with Crippen LogP contribution in [-0.2, 0) is 9.59 Å². The average molecular weight is 170 g/mol. The lowest BCUT2D eigenvalue weighted by atomic mass is 10.1. The molecule has 0 aliphatic carbocycles. The third-order valence-electron chi connectivity index (χ3n) is 1.59. The van der Waals surface area contributed by atoms with Crippen molar-refractivity contribution in [1.82, 2.24) is 5.32 Å². The van der Waals surface area contributed by atoms with Crippen molar-refractivity contribution < 1.29 is 9.59 Å². The molecule has 0 saturated heterocycles. The standard InChI is InChI=1S/C9H16NO2/c1-3-5-8(7-11)9(12)10-6-4-2/h8H,3-6H2,1-2H3,(H,10,12). The maximum Gasteiger partial charge on any atom is 0.231 e. The van der Waals surface area contributed by atoms with Crippen LogP contribution in [0.1, 0.15) is 33.1 Å². The lowest BCUT2D eigenvalue weighted by Gasteiger charge is -2.07. The number of amides is 1. The molecule has 0 bridgehead atoms. The molecule has 1 amide bonds. The van der Waals surface area contributed by atoms with Gasteiger partial charge in [0, 0.05) is 6.54 Å². The van der Waals surface area contributed by atoms with Crippen LogP contribution in [0.2, 0.25) is 0 Å². The molecule has 0 saturated carbocycles. The number of hydrogen-bond acceptors (Lipinski definition) is 2. The summed E-state index contributed by atoms with van der Waals surface area (Å²) < 4.78 is 0. The lowest BCUT2D eigenvalue weighted by molar-refractivity contribution is -0.123. The smallest absolute Gasteiger partial charge is 0.231 e. The molecule has 0 heterocycles. The van der Waals surface area contributed by atoms with Gasteiger partial charge in [-0.05, 0) is 12.8 Å². The molecule has 69 valence electrons. The second-order valence-electron chi connectivity index (χ2n) is 2.75. The van der Waals surface area contributed by atoms with Crippen molar-refractivity contribution in [2.24, 2.45) is 5.92 Å². The normalized spacial score (nSPS) is 12.2. The van der Waals surface area contributed by atoms with Crippen LogP contribution in [0.15, 0.2) is 0 Å². The minimum atomic E-state index is -0.568. The van der Waals surface area contributed by atoms with Gasteiger partial charge in [0.15, 0.2) is 0 Å². The van der Waals surface area contributed by atoms with Gasteiger partial charge in [-0.2, -0.15) is 0 Å². The summed E-state index contributed by atoms with van der Waals surface area (Å²) in [5, 5.41) is 2.67. The van der Waals surface area contributed by atoms with Gasteiger partial charge < -0.3 is 5.32 Å². The maximum atomic E-state index is 11.1. The third-order valence-corrected chi connectivity index (χ3v) is 1.59. The second-order valence-corrected chi connectivity index (χ2v) is 2.75. The Bertz CT molecular complexity index is 145. The largest absolute Gasteiger partial charge is 0.355 e. The van der Waals surface area contributed by atoms with Gasteiger partial charge in [-0.15, -0.1) is 0 Å². The fourth-order valence-electron chi connectivity index (χ4n) is 0.904. The van der Waals surface area contributed by atoms with Crippen molar-refractivity contribution >= 4 is 12.2 Å². The van der Waals surface area contributed by atoms with Crippen LogP contribution in [0.5, 0.6) is 0 Å². The van der Waals surface area contributed by atoms with E-state index >= 15 is 0 Å². The summed E-state index contributed by atoms with van der Waals surface area (Å²) in [6.07, 6.45) is 4.07. The van der Waals surface area contributed by atoms with E-state index in [0.717, 1.165) is 12.8 Å². The first-order valence-corrected chi connectivity index (χ1v) is 4.41.